The Bertz CT molecular complexity index is 381. The maximum Gasteiger partial charge on any atom is 0.137 e. The van der Waals surface area contributed by atoms with Crippen LogP contribution in [0.1, 0.15) is 31.4 Å². The van der Waals surface area contributed by atoms with E-state index in [1.165, 1.54) is 23.7 Å². The Morgan fingerprint density at radius 2 is 1.48 bits per heavy atom. The van der Waals surface area contributed by atoms with Gasteiger partial charge in [0.15, 0.2) is 0 Å². The fourth-order valence-corrected chi connectivity index (χ4v) is 3.78. The number of carbonyl (C=O) groups is 1. The molecule has 1 atom stereocenters. The van der Waals surface area contributed by atoms with Crippen LogP contribution in [0.3, 0.4) is 0 Å². The molecule has 0 saturated heterocycles. The molecule has 123 valence electrons. The largest absolute Gasteiger partial charge is 0.348 e. The third-order valence-electron chi connectivity index (χ3n) is 5.05. The number of fused-ring (bicyclic) bond motifs is 4. The van der Waals surface area contributed by atoms with E-state index in [4.69, 9.17) is 5.73 Å². The summed E-state index contributed by atoms with van der Waals surface area (Å²) in [6.07, 6.45) is 10.8. The molecule has 23 heavy (non-hydrogen) atoms. The Labute approximate surface area is 197 Å². The van der Waals surface area contributed by atoms with Gasteiger partial charge in [0, 0.05) is 111 Å². The summed E-state index contributed by atoms with van der Waals surface area (Å²) in [5, 5.41) is 0. The van der Waals surface area contributed by atoms with Gasteiger partial charge in [-0.2, -0.15) is 0 Å². The molecular formula is C14H21N3OV5. The van der Waals surface area contributed by atoms with Crippen molar-refractivity contribution in [2.75, 3.05) is 0 Å². The minimum absolute atomic E-state index is 0. The number of nitrogens with two attached hydrogens (primary N) is 1. The number of hydrogen-bond acceptors (Lipinski definition) is 3. The van der Waals surface area contributed by atoms with Gasteiger partial charge < -0.3 is 15.5 Å². The average Bonchev–Trinajstić information content (AvgIpc) is 2.83. The average molecular weight is 502 g/mol. The van der Waals surface area contributed by atoms with Gasteiger partial charge in [0.25, 0.3) is 0 Å². The maximum absolute atomic E-state index is 10.1. The summed E-state index contributed by atoms with van der Waals surface area (Å²) in [5.41, 5.74) is 6.24. The number of aromatic amines is 1. The molecule has 0 bridgehead atoms. The van der Waals surface area contributed by atoms with Crippen molar-refractivity contribution in [3.63, 3.8) is 0 Å². The summed E-state index contributed by atoms with van der Waals surface area (Å²) in [6.45, 7) is 0. The fourth-order valence-electron chi connectivity index (χ4n) is 3.78. The second kappa shape index (κ2) is 13.9. The molecule has 3 saturated carbocycles. The molecule has 0 aromatic carbocycles. The predicted octanol–water partition coefficient (Wildman–Crippen LogP) is 1.52. The molecule has 0 amide bonds. The van der Waals surface area contributed by atoms with E-state index in [0.29, 0.717) is 6.42 Å². The van der Waals surface area contributed by atoms with Crippen molar-refractivity contribution < 1.29 is 97.6 Å². The third-order valence-corrected chi connectivity index (χ3v) is 5.05. The van der Waals surface area contributed by atoms with Crippen molar-refractivity contribution in [2.45, 2.75) is 38.1 Å². The van der Waals surface area contributed by atoms with E-state index in [9.17, 15) is 4.79 Å². The Morgan fingerprint density at radius 1 is 1.04 bits per heavy atom. The van der Waals surface area contributed by atoms with Gasteiger partial charge in [0.2, 0.25) is 0 Å². The molecule has 0 aliphatic heterocycles. The number of nitrogens with one attached hydrogen (secondary N) is 1. The molecule has 0 spiro atoms. The summed E-state index contributed by atoms with van der Waals surface area (Å²) in [5.74, 6) is 4.98. The van der Waals surface area contributed by atoms with Crippen LogP contribution in [-0.4, -0.2) is 22.3 Å². The van der Waals surface area contributed by atoms with Crippen LogP contribution in [0.2, 0.25) is 0 Å². The van der Waals surface area contributed by atoms with Crippen LogP contribution < -0.4 is 5.73 Å². The number of imidazole rings is 1. The molecule has 0 unspecified atom stereocenters. The molecule has 5 radical (unpaired) electrons. The van der Waals surface area contributed by atoms with Gasteiger partial charge in [0.05, 0.1) is 12.4 Å². The first-order chi connectivity index (χ1) is 8.79. The van der Waals surface area contributed by atoms with Gasteiger partial charge in [-0.3, -0.25) is 0 Å². The number of nitrogens with zero attached hydrogens (tertiary/aromatic N) is 1. The van der Waals surface area contributed by atoms with E-state index in [1.807, 2.05) is 0 Å². The number of carbonyl (C=O) groups excluding carboxylic acids is 1. The zero-order valence-electron chi connectivity index (χ0n) is 12.8. The van der Waals surface area contributed by atoms with Crippen molar-refractivity contribution in [2.24, 2.45) is 29.4 Å². The normalized spacial score (nSPS) is 28.6. The van der Waals surface area contributed by atoms with Gasteiger partial charge in [-0.15, -0.1) is 0 Å². The smallest absolute Gasteiger partial charge is 0.137 e. The molecule has 1 heterocycles. The molecule has 1 aromatic rings. The molecule has 3 aliphatic carbocycles. The first-order valence-corrected chi connectivity index (χ1v) is 6.97. The molecule has 3 aliphatic rings. The molecule has 4 rings (SSSR count). The SMILES string of the molecule is C1CC2C1C1CCC21.N[C@@H](C=O)Cc1cnc[nH]1.[V].[V].[V].[V].[V]. The number of rotatable bonds is 3. The number of aromatic nitrogens is 2. The van der Waals surface area contributed by atoms with Crippen LogP contribution in [0.15, 0.2) is 12.5 Å². The third kappa shape index (κ3) is 6.77. The Balaban J connectivity index is -0.000000287. The molecule has 9 heteroatoms. The minimum atomic E-state index is -0.416. The summed E-state index contributed by atoms with van der Waals surface area (Å²) < 4.78 is 0. The monoisotopic (exact) mass is 502 g/mol. The van der Waals surface area contributed by atoms with E-state index in [0.717, 1.165) is 12.0 Å². The quantitative estimate of drug-likeness (QED) is 0.617. The second-order valence-corrected chi connectivity index (χ2v) is 5.89. The van der Waals surface area contributed by atoms with Crippen molar-refractivity contribution in [3.8, 4) is 0 Å². The number of aldehydes is 1. The summed E-state index contributed by atoms with van der Waals surface area (Å²) in [4.78, 5) is 16.7. The van der Waals surface area contributed by atoms with Crippen LogP contribution >= 0.6 is 0 Å². The Kier molecular flexibility index (Phi) is 17.8. The van der Waals surface area contributed by atoms with Crippen LogP contribution in [0.5, 0.6) is 0 Å². The number of H-pyrrole nitrogens is 1. The Morgan fingerprint density at radius 3 is 1.74 bits per heavy atom. The number of hydrogen-bond donors (Lipinski definition) is 2. The van der Waals surface area contributed by atoms with Crippen molar-refractivity contribution in [1.29, 1.82) is 0 Å². The minimum Gasteiger partial charge on any atom is -0.348 e. The standard InChI is InChI=1S/C8H12.C6H9N3O.5V/c1-2-6-5(1)7-3-4-8(6)7;7-5(3-10)1-6-2-8-4-9-6;;;;;/h5-8H,1-4H2;2-5H,1,7H2,(H,8,9);;;;;/t;5-;;;;;/m.1...../s1. The summed E-state index contributed by atoms with van der Waals surface area (Å²) >= 11 is 0. The zero-order valence-corrected chi connectivity index (χ0v) is 19.8. The molecule has 4 nitrogen and oxygen atoms in total. The van der Waals surface area contributed by atoms with Gasteiger partial charge in [-0.1, -0.05) is 0 Å². The maximum atomic E-state index is 10.1. The summed E-state index contributed by atoms with van der Waals surface area (Å²) in [7, 11) is 0. The molecule has 3 N–H and O–H groups in total. The van der Waals surface area contributed by atoms with Crippen molar-refractivity contribution in [1.82, 2.24) is 9.97 Å². The predicted molar refractivity (Wildman–Crippen MR) is 68.8 cm³/mol. The van der Waals surface area contributed by atoms with Gasteiger partial charge in [-0.05, 0) is 49.4 Å². The van der Waals surface area contributed by atoms with Crippen LogP contribution in [-0.2, 0) is 104 Å². The van der Waals surface area contributed by atoms with E-state index in [2.05, 4.69) is 9.97 Å². The van der Waals surface area contributed by atoms with Crippen LogP contribution in [0.25, 0.3) is 0 Å². The molecular weight excluding hydrogens is 481 g/mol. The first-order valence-electron chi connectivity index (χ1n) is 6.97. The van der Waals surface area contributed by atoms with E-state index in [-0.39, 0.29) is 92.8 Å². The van der Waals surface area contributed by atoms with Gasteiger partial charge in [-0.25, -0.2) is 4.98 Å². The Hall–Kier alpha value is 1.76. The van der Waals surface area contributed by atoms with Crippen molar-refractivity contribution in [3.05, 3.63) is 18.2 Å². The van der Waals surface area contributed by atoms with Gasteiger partial charge >= 0.3 is 0 Å². The second-order valence-electron chi connectivity index (χ2n) is 5.89. The fraction of sp³-hybridized carbons (Fsp3) is 0.714. The van der Waals surface area contributed by atoms with E-state index >= 15 is 0 Å². The van der Waals surface area contributed by atoms with Crippen LogP contribution in [0.4, 0.5) is 0 Å². The molecule has 1 aromatic heterocycles. The first kappa shape index (κ1) is 29.5. The zero-order chi connectivity index (χ0) is 12.5. The van der Waals surface area contributed by atoms with E-state index < -0.39 is 6.04 Å². The van der Waals surface area contributed by atoms with Gasteiger partial charge in [0.1, 0.15) is 6.29 Å². The van der Waals surface area contributed by atoms with Crippen molar-refractivity contribution >= 4 is 6.29 Å². The topological polar surface area (TPSA) is 71.8 Å². The van der Waals surface area contributed by atoms with E-state index in [1.54, 1.807) is 38.2 Å². The summed E-state index contributed by atoms with van der Waals surface area (Å²) in [6, 6.07) is -0.416. The molecule has 3 fully saturated rings. The van der Waals surface area contributed by atoms with Crippen LogP contribution in [0, 0.1) is 23.7 Å².